The van der Waals surface area contributed by atoms with Gasteiger partial charge in [-0.2, -0.15) is 13.2 Å². The van der Waals surface area contributed by atoms with Gasteiger partial charge in [0.05, 0.1) is 5.56 Å². The molecular weight excluding hydrogens is 463 g/mol. The zero-order valence-electron chi connectivity index (χ0n) is 20.6. The number of anilines is 1. The van der Waals surface area contributed by atoms with Crippen molar-refractivity contribution in [2.75, 3.05) is 5.73 Å². The first-order chi connectivity index (χ1) is 16.3. The lowest BCUT2D eigenvalue weighted by Gasteiger charge is -2.38. The zero-order chi connectivity index (χ0) is 25.6. The third-order valence-corrected chi connectivity index (χ3v) is 11.3. The number of rotatable bonds is 4. The van der Waals surface area contributed by atoms with Crippen LogP contribution in [0.25, 0.3) is 33.0 Å². The van der Waals surface area contributed by atoms with Crippen molar-refractivity contribution in [3.63, 3.8) is 0 Å². The van der Waals surface area contributed by atoms with Gasteiger partial charge < -0.3 is 10.2 Å². The minimum Gasteiger partial charge on any atom is -0.543 e. The summed E-state index contributed by atoms with van der Waals surface area (Å²) in [6.07, 6.45) is -4.41. The molecule has 6 heteroatoms. The SMILES string of the molecule is CC(C)(C)[Si](C)(C)Oc1c(-c2ccccc2)c(-c2ccc(C(F)(F)F)cc2)c(N)c2ccccc12. The third-order valence-electron chi connectivity index (χ3n) is 6.94. The summed E-state index contributed by atoms with van der Waals surface area (Å²) in [4.78, 5) is 0. The molecule has 0 bridgehead atoms. The zero-order valence-corrected chi connectivity index (χ0v) is 21.6. The van der Waals surface area contributed by atoms with E-state index in [-0.39, 0.29) is 5.04 Å². The molecule has 0 saturated heterocycles. The van der Waals surface area contributed by atoms with Crippen LogP contribution >= 0.6 is 0 Å². The van der Waals surface area contributed by atoms with E-state index in [2.05, 4.69) is 33.9 Å². The van der Waals surface area contributed by atoms with Crippen LogP contribution in [-0.2, 0) is 6.18 Å². The molecule has 4 aromatic carbocycles. The lowest BCUT2D eigenvalue weighted by Crippen LogP contribution is -2.44. The molecule has 0 spiro atoms. The molecule has 4 aromatic rings. The second kappa shape index (κ2) is 8.75. The molecule has 2 nitrogen and oxygen atoms in total. The minimum atomic E-state index is -4.41. The number of benzene rings is 4. The average molecular weight is 494 g/mol. The fourth-order valence-electron chi connectivity index (χ4n) is 3.95. The Balaban J connectivity index is 2.11. The predicted molar refractivity (Wildman–Crippen MR) is 142 cm³/mol. The quantitative estimate of drug-likeness (QED) is 0.227. The van der Waals surface area contributed by atoms with E-state index < -0.39 is 20.1 Å². The van der Waals surface area contributed by atoms with E-state index in [9.17, 15) is 13.2 Å². The van der Waals surface area contributed by atoms with Crippen LogP contribution in [0.1, 0.15) is 26.3 Å². The number of fused-ring (bicyclic) bond motifs is 1. The Hall–Kier alpha value is -3.25. The first-order valence-electron chi connectivity index (χ1n) is 11.6. The molecule has 0 atom stereocenters. The normalized spacial score (nSPS) is 12.7. The number of nitrogens with two attached hydrogens (primary N) is 1. The number of nitrogen functional groups attached to an aromatic ring is 1. The third kappa shape index (κ3) is 4.67. The minimum absolute atomic E-state index is 0.0576. The first-order valence-corrected chi connectivity index (χ1v) is 14.5. The molecule has 2 N–H and O–H groups in total. The fraction of sp³-hybridized carbons (Fsp3) is 0.241. The molecule has 0 aromatic heterocycles. The van der Waals surface area contributed by atoms with Gasteiger partial charge in [-0.1, -0.05) is 87.5 Å². The average Bonchev–Trinajstić information content (AvgIpc) is 2.80. The van der Waals surface area contributed by atoms with Crippen molar-refractivity contribution in [2.24, 2.45) is 0 Å². The molecule has 0 aliphatic carbocycles. The molecule has 35 heavy (non-hydrogen) atoms. The molecule has 0 radical (unpaired) electrons. The molecule has 0 amide bonds. The van der Waals surface area contributed by atoms with E-state index in [1.165, 1.54) is 12.1 Å². The Morgan fingerprint density at radius 2 is 1.20 bits per heavy atom. The molecule has 182 valence electrons. The maximum Gasteiger partial charge on any atom is 0.416 e. The second-order valence-electron chi connectivity index (χ2n) is 10.3. The topological polar surface area (TPSA) is 35.2 Å². The van der Waals surface area contributed by atoms with Crippen LogP contribution in [0, 0.1) is 0 Å². The standard InChI is InChI=1S/C29H30F3NOSi/c1-28(2,3)35(4,5)34-27-23-14-10-9-13-22(23)26(33)24(25(27)19-11-7-6-8-12-19)20-15-17-21(18-16-20)29(30,31)32/h6-18H,33H2,1-5H3. The van der Waals surface area contributed by atoms with Gasteiger partial charge in [0, 0.05) is 27.6 Å². The highest BCUT2D eigenvalue weighted by molar-refractivity contribution is 6.75. The number of hydrogen-bond acceptors (Lipinski definition) is 2. The second-order valence-corrected chi connectivity index (χ2v) is 15.1. The highest BCUT2D eigenvalue weighted by Crippen LogP contribution is 2.51. The van der Waals surface area contributed by atoms with Crippen LogP contribution in [0.15, 0.2) is 78.9 Å². The molecule has 0 fully saturated rings. The van der Waals surface area contributed by atoms with E-state index in [1.807, 2.05) is 54.6 Å². The van der Waals surface area contributed by atoms with Crippen LogP contribution in [-0.4, -0.2) is 8.32 Å². The van der Waals surface area contributed by atoms with Crippen molar-refractivity contribution in [3.05, 3.63) is 84.4 Å². The maximum atomic E-state index is 13.3. The van der Waals surface area contributed by atoms with Gasteiger partial charge in [-0.05, 0) is 41.4 Å². The van der Waals surface area contributed by atoms with Gasteiger partial charge >= 0.3 is 6.18 Å². The van der Waals surface area contributed by atoms with E-state index >= 15 is 0 Å². The van der Waals surface area contributed by atoms with Gasteiger partial charge in [0.2, 0.25) is 0 Å². The van der Waals surface area contributed by atoms with Crippen LogP contribution in [0.3, 0.4) is 0 Å². The summed E-state index contributed by atoms with van der Waals surface area (Å²) in [6.45, 7) is 10.9. The molecular formula is C29H30F3NOSi. The highest BCUT2D eigenvalue weighted by atomic mass is 28.4. The van der Waals surface area contributed by atoms with Crippen LogP contribution in [0.2, 0.25) is 18.1 Å². The highest BCUT2D eigenvalue weighted by Gasteiger charge is 2.40. The fourth-order valence-corrected chi connectivity index (χ4v) is 4.98. The first kappa shape index (κ1) is 24.9. The summed E-state index contributed by atoms with van der Waals surface area (Å²) in [5.41, 5.74) is 9.57. The van der Waals surface area contributed by atoms with Crippen molar-refractivity contribution < 1.29 is 17.6 Å². The maximum absolute atomic E-state index is 13.3. The Kier molecular flexibility index (Phi) is 6.22. The molecule has 0 heterocycles. The summed E-state index contributed by atoms with van der Waals surface area (Å²) in [5.74, 6) is 0.725. The van der Waals surface area contributed by atoms with E-state index in [0.717, 1.165) is 39.8 Å². The largest absolute Gasteiger partial charge is 0.543 e. The molecule has 0 unspecified atom stereocenters. The Labute approximate surface area is 205 Å². The Morgan fingerprint density at radius 1 is 0.686 bits per heavy atom. The van der Waals surface area contributed by atoms with E-state index in [0.29, 0.717) is 16.8 Å². The van der Waals surface area contributed by atoms with Crippen molar-refractivity contribution in [3.8, 4) is 28.0 Å². The van der Waals surface area contributed by atoms with Crippen LogP contribution in [0.5, 0.6) is 5.75 Å². The van der Waals surface area contributed by atoms with Crippen molar-refractivity contribution >= 4 is 24.8 Å². The number of alkyl halides is 3. The summed E-state index contributed by atoms with van der Waals surface area (Å²) < 4.78 is 46.8. The smallest absolute Gasteiger partial charge is 0.416 e. The van der Waals surface area contributed by atoms with Gasteiger partial charge in [0.25, 0.3) is 8.32 Å². The van der Waals surface area contributed by atoms with Crippen molar-refractivity contribution in [1.29, 1.82) is 0 Å². The van der Waals surface area contributed by atoms with Crippen molar-refractivity contribution in [1.82, 2.24) is 0 Å². The lowest BCUT2D eigenvalue weighted by molar-refractivity contribution is -0.137. The van der Waals surface area contributed by atoms with Gasteiger partial charge in [-0.3, -0.25) is 0 Å². The summed E-state index contributed by atoms with van der Waals surface area (Å²) in [5, 5.41) is 1.65. The lowest BCUT2D eigenvalue weighted by atomic mass is 9.88. The van der Waals surface area contributed by atoms with E-state index in [1.54, 1.807) is 0 Å². The van der Waals surface area contributed by atoms with Gasteiger partial charge in [-0.25, -0.2) is 0 Å². The summed E-state index contributed by atoms with van der Waals surface area (Å²) >= 11 is 0. The monoisotopic (exact) mass is 493 g/mol. The number of hydrogen-bond donors (Lipinski definition) is 1. The number of halogens is 3. The molecule has 0 aliphatic rings. The van der Waals surface area contributed by atoms with Gasteiger partial charge in [-0.15, -0.1) is 0 Å². The van der Waals surface area contributed by atoms with Crippen molar-refractivity contribution in [2.45, 2.75) is 45.1 Å². The van der Waals surface area contributed by atoms with Crippen LogP contribution in [0.4, 0.5) is 18.9 Å². The Morgan fingerprint density at radius 3 is 1.74 bits per heavy atom. The Bertz CT molecular complexity index is 1360. The summed E-state index contributed by atoms with van der Waals surface area (Å²) in [6, 6.07) is 22.8. The molecule has 4 rings (SSSR count). The van der Waals surface area contributed by atoms with Gasteiger partial charge in [0.15, 0.2) is 0 Å². The molecule has 0 saturated carbocycles. The van der Waals surface area contributed by atoms with Crippen LogP contribution < -0.4 is 10.2 Å². The predicted octanol–water partition coefficient (Wildman–Crippen LogP) is 9.16. The summed E-state index contributed by atoms with van der Waals surface area (Å²) in [7, 11) is -2.29. The molecule has 0 aliphatic heterocycles. The van der Waals surface area contributed by atoms with Gasteiger partial charge in [0.1, 0.15) is 5.75 Å². The van der Waals surface area contributed by atoms with E-state index in [4.69, 9.17) is 10.2 Å².